The first-order valence-electron chi connectivity index (χ1n) is 8.10. The summed E-state index contributed by atoms with van der Waals surface area (Å²) < 4.78 is 44.6. The summed E-state index contributed by atoms with van der Waals surface area (Å²) in [5, 5.41) is 8.86. The van der Waals surface area contributed by atoms with Crippen molar-refractivity contribution in [2.45, 2.75) is 51.3 Å². The van der Waals surface area contributed by atoms with Gasteiger partial charge in [0.05, 0.1) is 17.2 Å². The van der Waals surface area contributed by atoms with Crippen LogP contribution in [0.25, 0.3) is 0 Å². The molecule has 0 atom stereocenters. The molecule has 0 aliphatic carbocycles. The normalized spacial score (nSPS) is 16.4. The molecule has 25 heavy (non-hydrogen) atoms. The first-order valence-corrected chi connectivity index (χ1v) is 8.10. The van der Waals surface area contributed by atoms with Crippen LogP contribution in [-0.2, 0) is 10.9 Å². The Balaban J connectivity index is 2.09. The molecule has 1 heterocycles. The third kappa shape index (κ3) is 4.88. The van der Waals surface area contributed by atoms with Crippen molar-refractivity contribution < 1.29 is 22.7 Å². The van der Waals surface area contributed by atoms with E-state index in [0.29, 0.717) is 31.5 Å². The summed E-state index contributed by atoms with van der Waals surface area (Å²) >= 11 is 0. The van der Waals surface area contributed by atoms with Crippen molar-refractivity contribution in [3.63, 3.8) is 0 Å². The minimum atomic E-state index is -4.56. The Labute approximate surface area is 145 Å². The smallest absolute Gasteiger partial charge is 0.417 e. The minimum absolute atomic E-state index is 0.0764. The average Bonchev–Trinajstić information content (AvgIpc) is 2.52. The number of ether oxygens (including phenoxy) is 1. The van der Waals surface area contributed by atoms with Crippen molar-refractivity contribution in [3.05, 3.63) is 34.9 Å². The Morgan fingerprint density at radius 3 is 2.32 bits per heavy atom. The van der Waals surface area contributed by atoms with Gasteiger partial charge in [0.25, 0.3) is 0 Å². The number of amides is 1. The maximum absolute atomic E-state index is 13.1. The third-order valence-electron chi connectivity index (χ3n) is 4.09. The van der Waals surface area contributed by atoms with Crippen LogP contribution in [0.4, 0.5) is 18.0 Å². The molecule has 1 fully saturated rings. The number of benzene rings is 1. The summed E-state index contributed by atoms with van der Waals surface area (Å²) in [5.74, 6) is -0.0764. The van der Waals surface area contributed by atoms with Gasteiger partial charge in [0.15, 0.2) is 0 Å². The largest absolute Gasteiger partial charge is 0.444 e. The fourth-order valence-corrected chi connectivity index (χ4v) is 2.87. The molecule has 1 aromatic carbocycles. The van der Waals surface area contributed by atoms with Gasteiger partial charge in [-0.3, -0.25) is 0 Å². The molecule has 136 valence electrons. The highest BCUT2D eigenvalue weighted by Gasteiger charge is 2.35. The molecule has 0 aromatic heterocycles. The maximum Gasteiger partial charge on any atom is 0.417 e. The van der Waals surface area contributed by atoms with Crippen LogP contribution in [0.1, 0.15) is 56.2 Å². The fourth-order valence-electron chi connectivity index (χ4n) is 2.87. The van der Waals surface area contributed by atoms with Gasteiger partial charge in [0, 0.05) is 13.1 Å². The zero-order chi connectivity index (χ0) is 18.8. The molecule has 0 N–H and O–H groups in total. The second kappa shape index (κ2) is 6.95. The number of piperidine rings is 1. The van der Waals surface area contributed by atoms with Crippen LogP contribution in [0.5, 0.6) is 0 Å². The molecule has 0 saturated carbocycles. The number of nitriles is 1. The predicted octanol–water partition coefficient (Wildman–Crippen LogP) is 4.69. The van der Waals surface area contributed by atoms with E-state index in [4.69, 9.17) is 10.00 Å². The molecule has 7 heteroatoms. The van der Waals surface area contributed by atoms with E-state index in [2.05, 4.69) is 0 Å². The highest BCUT2D eigenvalue weighted by molar-refractivity contribution is 5.68. The standard InChI is InChI=1S/C18H21F3N2O2/c1-17(2,3)25-16(24)23-8-6-12(7-9-23)13-4-5-14(11-22)15(10-13)18(19,20)21/h4-5,10,12H,6-9H2,1-3H3. The van der Waals surface area contributed by atoms with Crippen molar-refractivity contribution in [1.82, 2.24) is 4.90 Å². The number of carbonyl (C=O) groups excluding carboxylic acids is 1. The predicted molar refractivity (Wildman–Crippen MR) is 85.9 cm³/mol. The van der Waals surface area contributed by atoms with E-state index in [9.17, 15) is 18.0 Å². The van der Waals surface area contributed by atoms with E-state index >= 15 is 0 Å². The van der Waals surface area contributed by atoms with Gasteiger partial charge >= 0.3 is 12.3 Å². The zero-order valence-corrected chi connectivity index (χ0v) is 14.5. The topological polar surface area (TPSA) is 53.3 Å². The SMILES string of the molecule is CC(C)(C)OC(=O)N1CCC(c2ccc(C#N)c(C(F)(F)F)c2)CC1. The number of carbonyl (C=O) groups is 1. The Morgan fingerprint density at radius 1 is 1.24 bits per heavy atom. The third-order valence-corrected chi connectivity index (χ3v) is 4.09. The minimum Gasteiger partial charge on any atom is -0.444 e. The van der Waals surface area contributed by atoms with Crippen LogP contribution < -0.4 is 0 Å². The summed E-state index contributed by atoms with van der Waals surface area (Å²) in [7, 11) is 0. The summed E-state index contributed by atoms with van der Waals surface area (Å²) in [4.78, 5) is 13.6. The number of halogens is 3. The maximum atomic E-state index is 13.1. The number of rotatable bonds is 1. The van der Waals surface area contributed by atoms with Crippen molar-refractivity contribution in [3.8, 4) is 6.07 Å². The monoisotopic (exact) mass is 354 g/mol. The lowest BCUT2D eigenvalue weighted by Gasteiger charge is -2.33. The molecular weight excluding hydrogens is 333 g/mol. The molecular formula is C18H21F3N2O2. The van der Waals surface area contributed by atoms with E-state index < -0.39 is 23.4 Å². The summed E-state index contributed by atoms with van der Waals surface area (Å²) in [5.41, 5.74) is -1.30. The van der Waals surface area contributed by atoms with Crippen molar-refractivity contribution in [2.75, 3.05) is 13.1 Å². The van der Waals surface area contributed by atoms with Gasteiger partial charge in [-0.2, -0.15) is 18.4 Å². The Kier molecular flexibility index (Phi) is 5.31. The number of likely N-dealkylation sites (tertiary alicyclic amines) is 1. The molecule has 1 amide bonds. The van der Waals surface area contributed by atoms with Gasteiger partial charge in [-0.15, -0.1) is 0 Å². The van der Waals surface area contributed by atoms with Crippen LogP contribution in [-0.4, -0.2) is 29.7 Å². The van der Waals surface area contributed by atoms with E-state index in [1.165, 1.54) is 6.07 Å². The van der Waals surface area contributed by atoms with Gasteiger partial charge in [-0.05, 0) is 57.2 Å². The fraction of sp³-hybridized carbons (Fsp3) is 0.556. The second-order valence-electron chi connectivity index (χ2n) is 7.16. The summed E-state index contributed by atoms with van der Waals surface area (Å²) in [6, 6.07) is 5.44. The molecule has 2 rings (SSSR count). The highest BCUT2D eigenvalue weighted by Crippen LogP contribution is 2.36. The highest BCUT2D eigenvalue weighted by atomic mass is 19.4. The van der Waals surface area contributed by atoms with E-state index in [0.717, 1.165) is 6.07 Å². The van der Waals surface area contributed by atoms with E-state index in [1.807, 2.05) is 0 Å². The second-order valence-corrected chi connectivity index (χ2v) is 7.16. The van der Waals surface area contributed by atoms with Crippen LogP contribution in [0.2, 0.25) is 0 Å². The van der Waals surface area contributed by atoms with Crippen LogP contribution in [0.15, 0.2) is 18.2 Å². The van der Waals surface area contributed by atoms with Crippen molar-refractivity contribution >= 4 is 6.09 Å². The van der Waals surface area contributed by atoms with E-state index in [1.54, 1.807) is 37.8 Å². The number of nitrogens with zero attached hydrogens (tertiary/aromatic N) is 2. The molecule has 1 aromatic rings. The quantitative estimate of drug-likeness (QED) is 0.735. The Bertz CT molecular complexity index is 679. The number of hydrogen-bond acceptors (Lipinski definition) is 3. The van der Waals surface area contributed by atoms with Crippen LogP contribution >= 0.6 is 0 Å². The Morgan fingerprint density at radius 2 is 1.84 bits per heavy atom. The lowest BCUT2D eigenvalue weighted by Crippen LogP contribution is -2.41. The molecule has 1 saturated heterocycles. The molecule has 1 aliphatic rings. The first kappa shape index (κ1) is 19.1. The van der Waals surface area contributed by atoms with Crippen LogP contribution in [0, 0.1) is 11.3 Å². The zero-order valence-electron chi connectivity index (χ0n) is 14.5. The Hall–Kier alpha value is -2.23. The summed E-state index contributed by atoms with van der Waals surface area (Å²) in [6.07, 6.45) is -3.84. The molecule has 1 aliphatic heterocycles. The van der Waals surface area contributed by atoms with Gasteiger partial charge in [-0.25, -0.2) is 4.79 Å². The number of hydrogen-bond donors (Lipinski definition) is 0. The average molecular weight is 354 g/mol. The lowest BCUT2D eigenvalue weighted by molar-refractivity contribution is -0.137. The molecule has 0 radical (unpaired) electrons. The van der Waals surface area contributed by atoms with Gasteiger partial charge in [0.2, 0.25) is 0 Å². The van der Waals surface area contributed by atoms with Crippen molar-refractivity contribution in [2.24, 2.45) is 0 Å². The molecule has 0 bridgehead atoms. The molecule has 0 spiro atoms. The van der Waals surface area contributed by atoms with Gasteiger partial charge in [-0.1, -0.05) is 6.07 Å². The van der Waals surface area contributed by atoms with E-state index in [-0.39, 0.29) is 11.5 Å². The van der Waals surface area contributed by atoms with Crippen LogP contribution in [0.3, 0.4) is 0 Å². The van der Waals surface area contributed by atoms with Crippen molar-refractivity contribution in [1.29, 1.82) is 5.26 Å². The lowest BCUT2D eigenvalue weighted by atomic mass is 9.87. The van der Waals surface area contributed by atoms with Gasteiger partial charge in [0.1, 0.15) is 5.60 Å². The number of alkyl halides is 3. The first-order chi connectivity index (χ1) is 11.5. The molecule has 4 nitrogen and oxygen atoms in total. The molecule has 0 unspecified atom stereocenters. The summed E-state index contributed by atoms with van der Waals surface area (Å²) in [6.45, 7) is 6.22. The van der Waals surface area contributed by atoms with Gasteiger partial charge < -0.3 is 9.64 Å².